The minimum absolute atomic E-state index is 0.0413. The van der Waals surface area contributed by atoms with Gasteiger partial charge < -0.3 is 24.6 Å². The van der Waals surface area contributed by atoms with Gasteiger partial charge in [-0.2, -0.15) is 0 Å². The topological polar surface area (TPSA) is 104 Å². The summed E-state index contributed by atoms with van der Waals surface area (Å²) in [6.07, 6.45) is -0.457. The molecular formula is C39H47N2O7P. The predicted octanol–water partition coefficient (Wildman–Crippen LogP) is 9.65. The number of anilines is 1. The first kappa shape index (κ1) is 36.3. The van der Waals surface area contributed by atoms with Crippen molar-refractivity contribution < 1.29 is 32.4 Å². The molecule has 0 radical (unpaired) electrons. The summed E-state index contributed by atoms with van der Waals surface area (Å²) in [5, 5.41) is 6.09. The van der Waals surface area contributed by atoms with Crippen LogP contribution in [0.2, 0.25) is 0 Å². The van der Waals surface area contributed by atoms with Crippen LogP contribution in [0.25, 0.3) is 0 Å². The molecule has 2 amide bonds. The molecule has 0 spiro atoms. The van der Waals surface area contributed by atoms with Crippen molar-refractivity contribution in [2.24, 2.45) is 0 Å². The second kappa shape index (κ2) is 16.2. The third-order valence-corrected chi connectivity index (χ3v) is 9.81. The highest BCUT2D eigenvalue weighted by atomic mass is 31.2. The van der Waals surface area contributed by atoms with Crippen LogP contribution in [0.3, 0.4) is 0 Å². The van der Waals surface area contributed by atoms with E-state index in [2.05, 4.69) is 38.3 Å². The van der Waals surface area contributed by atoms with E-state index in [0.29, 0.717) is 5.56 Å². The molecule has 0 aliphatic carbocycles. The molecule has 1 heterocycles. The van der Waals surface area contributed by atoms with Gasteiger partial charge in [0.05, 0.1) is 32.0 Å². The lowest BCUT2D eigenvalue weighted by atomic mass is 9.93. The van der Waals surface area contributed by atoms with Crippen molar-refractivity contribution in [2.45, 2.75) is 84.6 Å². The number of phosphoric ester groups is 1. The van der Waals surface area contributed by atoms with E-state index in [1.54, 1.807) is 24.3 Å². The van der Waals surface area contributed by atoms with Crippen molar-refractivity contribution in [3.05, 3.63) is 131 Å². The zero-order valence-corrected chi connectivity index (χ0v) is 29.9. The molecule has 1 fully saturated rings. The minimum atomic E-state index is -4.06. The molecule has 260 valence electrons. The van der Waals surface area contributed by atoms with Crippen LogP contribution in [-0.4, -0.2) is 24.8 Å². The number of rotatable bonds is 14. The molecule has 2 atom stereocenters. The van der Waals surface area contributed by atoms with E-state index in [1.807, 2.05) is 92.7 Å². The summed E-state index contributed by atoms with van der Waals surface area (Å²) in [5.74, 6) is -0.524. The molecule has 1 aliphatic heterocycles. The van der Waals surface area contributed by atoms with Crippen molar-refractivity contribution >= 4 is 19.5 Å². The second-order valence-corrected chi connectivity index (χ2v) is 14.5. The fraction of sp³-hybridized carbons (Fsp3) is 0.359. The average molecular weight is 687 g/mol. The van der Waals surface area contributed by atoms with Gasteiger partial charge >= 0.3 is 13.9 Å². The molecule has 9 nitrogen and oxygen atoms in total. The maximum absolute atomic E-state index is 13.9. The Bertz CT molecular complexity index is 1630. The molecule has 0 saturated carbocycles. The van der Waals surface area contributed by atoms with Gasteiger partial charge in [-0.3, -0.25) is 9.05 Å². The van der Waals surface area contributed by atoms with E-state index in [4.69, 9.17) is 23.0 Å². The average Bonchev–Trinajstić information content (AvgIpc) is 3.40. The predicted molar refractivity (Wildman–Crippen MR) is 192 cm³/mol. The molecule has 4 aromatic carbocycles. The molecular weight excluding hydrogens is 639 g/mol. The van der Waals surface area contributed by atoms with Gasteiger partial charge in [0, 0.05) is 11.3 Å². The zero-order valence-electron chi connectivity index (χ0n) is 29.1. The number of hydrogen-bond acceptors (Lipinski definition) is 7. The van der Waals surface area contributed by atoms with Crippen LogP contribution in [0.5, 0.6) is 5.75 Å². The van der Waals surface area contributed by atoms with Gasteiger partial charge in [0.1, 0.15) is 5.75 Å². The highest BCUT2D eigenvalue weighted by Gasteiger charge is 2.46. The lowest BCUT2D eigenvalue weighted by Crippen LogP contribution is -2.44. The van der Waals surface area contributed by atoms with Crippen molar-refractivity contribution in [1.82, 2.24) is 5.32 Å². The number of phosphoric acid groups is 1. The molecule has 10 heteroatoms. The Kier molecular flexibility index (Phi) is 12.0. The third-order valence-electron chi connectivity index (χ3n) is 8.48. The van der Waals surface area contributed by atoms with Gasteiger partial charge in [0.2, 0.25) is 5.79 Å². The Morgan fingerprint density at radius 2 is 1.22 bits per heavy atom. The molecule has 1 saturated heterocycles. The summed E-state index contributed by atoms with van der Waals surface area (Å²) in [7, 11) is -4.06. The van der Waals surface area contributed by atoms with Crippen LogP contribution in [0.1, 0.15) is 81.2 Å². The molecule has 1 aliphatic rings. The normalized spacial score (nSPS) is 17.3. The monoisotopic (exact) mass is 686 g/mol. The summed E-state index contributed by atoms with van der Waals surface area (Å²) < 4.78 is 44.2. The number of benzene rings is 4. The van der Waals surface area contributed by atoms with Gasteiger partial charge in [-0.25, -0.2) is 9.36 Å². The summed E-state index contributed by atoms with van der Waals surface area (Å²) in [6, 6.07) is 31.4. The van der Waals surface area contributed by atoms with Crippen LogP contribution in [0, 0.1) is 0 Å². The van der Waals surface area contributed by atoms with Crippen LogP contribution in [-0.2, 0) is 42.1 Å². The van der Waals surface area contributed by atoms with Crippen molar-refractivity contribution in [1.29, 1.82) is 0 Å². The number of ether oxygens (including phenoxy) is 2. The van der Waals surface area contributed by atoms with E-state index in [-0.39, 0.29) is 55.6 Å². The number of carbonyl (C=O) groups excluding carboxylic acids is 1. The van der Waals surface area contributed by atoms with Crippen LogP contribution < -0.4 is 15.2 Å². The van der Waals surface area contributed by atoms with Crippen molar-refractivity contribution in [2.75, 3.05) is 11.9 Å². The number of amides is 2. The van der Waals surface area contributed by atoms with Crippen molar-refractivity contribution in [3.8, 4) is 5.75 Å². The number of carbonyl (C=O) groups is 1. The second-order valence-electron chi connectivity index (χ2n) is 12.9. The zero-order chi connectivity index (χ0) is 35.0. The third kappa shape index (κ3) is 9.38. The quantitative estimate of drug-likeness (QED) is 0.127. The summed E-state index contributed by atoms with van der Waals surface area (Å²) in [6.45, 7) is 12.4. The van der Waals surface area contributed by atoms with Gasteiger partial charge in [-0.1, -0.05) is 107 Å². The molecule has 4 aromatic rings. The Balaban J connectivity index is 1.32. The number of para-hydroxylation sites is 1. The standard InChI is InChI=1S/C39H47N2O7P/c1-27(2)35-18-13-19-36(28(3)4)37(35)41-38(42)40-26-39(46-29(5)30(6)47-39)33-20-22-34(23-21-33)48-49(43,44-24-31-14-9-7-10-15-31)45-25-32-16-11-8-12-17-32/h7-23,27-30H,24-26H2,1-6H3,(H2,40,41,42)/t29-,30-/m1/s1. The van der Waals surface area contributed by atoms with E-state index in [1.165, 1.54) is 0 Å². The van der Waals surface area contributed by atoms with Crippen LogP contribution in [0.4, 0.5) is 10.5 Å². The SMILES string of the molecule is CC(C)c1cccc(C(C)C)c1NC(=O)NCC1(c2ccc(OP(=O)(OCc3ccccc3)OCc3ccccc3)cc2)O[C@H](C)[C@@H](C)O1. The highest BCUT2D eigenvalue weighted by molar-refractivity contribution is 7.48. The minimum Gasteiger partial charge on any atom is -0.404 e. The largest absolute Gasteiger partial charge is 0.530 e. The summed E-state index contributed by atoms with van der Waals surface area (Å²) in [5.41, 5.74) is 5.28. The fourth-order valence-electron chi connectivity index (χ4n) is 5.64. The van der Waals surface area contributed by atoms with E-state index in [0.717, 1.165) is 27.9 Å². The van der Waals surface area contributed by atoms with Gasteiger partial charge in [0.25, 0.3) is 0 Å². The molecule has 2 N–H and O–H groups in total. The lowest BCUT2D eigenvalue weighted by molar-refractivity contribution is -0.176. The maximum Gasteiger partial charge on any atom is 0.530 e. The number of nitrogens with one attached hydrogen (secondary N) is 2. The molecule has 0 unspecified atom stereocenters. The van der Waals surface area contributed by atoms with Gasteiger partial charge in [0.15, 0.2) is 0 Å². The van der Waals surface area contributed by atoms with E-state index >= 15 is 0 Å². The first-order valence-corrected chi connectivity index (χ1v) is 18.2. The van der Waals surface area contributed by atoms with Gasteiger partial charge in [-0.05, 0) is 72.2 Å². The number of hydrogen-bond donors (Lipinski definition) is 2. The Hall–Kier alpha value is -3.98. The number of urea groups is 1. The molecule has 0 bridgehead atoms. The first-order chi connectivity index (χ1) is 23.5. The lowest BCUT2D eigenvalue weighted by Gasteiger charge is -2.29. The Morgan fingerprint density at radius 3 is 1.69 bits per heavy atom. The van der Waals surface area contributed by atoms with E-state index in [9.17, 15) is 9.36 Å². The van der Waals surface area contributed by atoms with Gasteiger partial charge in [-0.15, -0.1) is 0 Å². The summed E-state index contributed by atoms with van der Waals surface area (Å²) in [4.78, 5) is 13.4. The van der Waals surface area contributed by atoms with Crippen LogP contribution in [0.15, 0.2) is 103 Å². The first-order valence-electron chi connectivity index (χ1n) is 16.8. The fourth-order valence-corrected chi connectivity index (χ4v) is 6.81. The smallest absolute Gasteiger partial charge is 0.404 e. The highest BCUT2D eigenvalue weighted by Crippen LogP contribution is 2.51. The summed E-state index contributed by atoms with van der Waals surface area (Å²) >= 11 is 0. The van der Waals surface area contributed by atoms with E-state index < -0.39 is 13.6 Å². The molecule has 49 heavy (non-hydrogen) atoms. The molecule has 5 rings (SSSR count). The Morgan fingerprint density at radius 1 is 0.735 bits per heavy atom. The van der Waals surface area contributed by atoms with Crippen LogP contribution >= 0.6 is 7.82 Å². The Labute approximate surface area is 289 Å². The molecule has 0 aromatic heterocycles. The maximum atomic E-state index is 13.9. The van der Waals surface area contributed by atoms with Crippen molar-refractivity contribution in [3.63, 3.8) is 0 Å².